The van der Waals surface area contributed by atoms with Gasteiger partial charge in [0.05, 0.1) is 6.42 Å². The van der Waals surface area contributed by atoms with Crippen LogP contribution < -0.4 is 5.32 Å². The molecule has 0 fully saturated rings. The first-order chi connectivity index (χ1) is 10.7. The van der Waals surface area contributed by atoms with Gasteiger partial charge in [0, 0.05) is 12.1 Å². The van der Waals surface area contributed by atoms with Crippen LogP contribution in [0, 0.1) is 0 Å². The summed E-state index contributed by atoms with van der Waals surface area (Å²) in [5.74, 6) is -0.404. The zero-order valence-electron chi connectivity index (χ0n) is 11.9. The zero-order chi connectivity index (χ0) is 15.4. The Balaban J connectivity index is 1.63. The number of carbonyl (C=O) groups excluding carboxylic acids is 2. The minimum atomic E-state index is -0.331. The van der Waals surface area contributed by atoms with Gasteiger partial charge in [-0.1, -0.05) is 48.5 Å². The highest BCUT2D eigenvalue weighted by molar-refractivity contribution is 5.97. The van der Waals surface area contributed by atoms with Gasteiger partial charge in [0.25, 0.3) is 5.91 Å². The predicted molar refractivity (Wildman–Crippen MR) is 81.5 cm³/mol. The molecule has 2 aromatic rings. The molecule has 0 aliphatic carbocycles. The first-order valence-corrected chi connectivity index (χ1v) is 7.09. The molecule has 1 unspecified atom stereocenters. The van der Waals surface area contributed by atoms with Crippen LogP contribution in [0.1, 0.15) is 27.5 Å². The fourth-order valence-electron chi connectivity index (χ4n) is 2.43. The topological polar surface area (TPSA) is 70.9 Å². The van der Waals surface area contributed by atoms with Crippen LogP contribution in [0.25, 0.3) is 0 Å². The van der Waals surface area contributed by atoms with E-state index in [9.17, 15) is 9.59 Å². The number of azo groups is 1. The number of hydrogen-bond donors (Lipinski definition) is 1. The first-order valence-electron chi connectivity index (χ1n) is 7.09. The van der Waals surface area contributed by atoms with E-state index in [1.54, 1.807) is 12.1 Å². The standard InChI is InChI=1S/C17H15N3O2/c21-16(10-12-6-2-1-3-7-12)18-11-15-13-8-4-5-9-14(13)17(22)20-19-15/h1-9,15H,10-11H2,(H,18,21). The predicted octanol–water partition coefficient (Wildman–Crippen LogP) is 2.69. The summed E-state index contributed by atoms with van der Waals surface area (Å²) in [7, 11) is 0. The van der Waals surface area contributed by atoms with E-state index >= 15 is 0 Å². The van der Waals surface area contributed by atoms with Crippen molar-refractivity contribution in [3.8, 4) is 0 Å². The molecule has 1 N–H and O–H groups in total. The van der Waals surface area contributed by atoms with Crippen molar-refractivity contribution in [3.63, 3.8) is 0 Å². The molecule has 0 radical (unpaired) electrons. The van der Waals surface area contributed by atoms with E-state index in [-0.39, 0.29) is 17.9 Å². The lowest BCUT2D eigenvalue weighted by molar-refractivity contribution is -0.120. The van der Waals surface area contributed by atoms with Crippen molar-refractivity contribution in [2.24, 2.45) is 10.2 Å². The molecule has 0 saturated heterocycles. The Bertz CT molecular complexity index is 726. The molecule has 1 aliphatic rings. The van der Waals surface area contributed by atoms with Crippen molar-refractivity contribution in [1.82, 2.24) is 5.32 Å². The second-order valence-corrected chi connectivity index (χ2v) is 5.09. The number of nitrogens with zero attached hydrogens (tertiary/aromatic N) is 2. The van der Waals surface area contributed by atoms with Crippen molar-refractivity contribution in [3.05, 3.63) is 71.3 Å². The molecule has 5 nitrogen and oxygen atoms in total. The summed E-state index contributed by atoms with van der Waals surface area (Å²) >= 11 is 0. The number of nitrogens with one attached hydrogen (secondary N) is 1. The molecule has 0 bridgehead atoms. The lowest BCUT2D eigenvalue weighted by atomic mass is 9.99. The van der Waals surface area contributed by atoms with Crippen molar-refractivity contribution >= 4 is 11.8 Å². The van der Waals surface area contributed by atoms with Gasteiger partial charge in [0.1, 0.15) is 6.04 Å². The van der Waals surface area contributed by atoms with Crippen LogP contribution in [0.3, 0.4) is 0 Å². The van der Waals surface area contributed by atoms with Crippen molar-refractivity contribution in [1.29, 1.82) is 0 Å². The lowest BCUT2D eigenvalue weighted by Gasteiger charge is -2.18. The second kappa shape index (κ2) is 6.30. The molecule has 0 spiro atoms. The second-order valence-electron chi connectivity index (χ2n) is 5.09. The third-order valence-corrected chi connectivity index (χ3v) is 3.54. The highest BCUT2D eigenvalue weighted by Gasteiger charge is 2.23. The fourth-order valence-corrected chi connectivity index (χ4v) is 2.43. The minimum absolute atomic E-state index is 0.0734. The Kier molecular flexibility index (Phi) is 4.05. The van der Waals surface area contributed by atoms with Crippen LogP contribution in [0.5, 0.6) is 0 Å². The number of amides is 2. The van der Waals surface area contributed by atoms with Crippen molar-refractivity contribution in [2.45, 2.75) is 12.5 Å². The van der Waals surface area contributed by atoms with E-state index in [4.69, 9.17) is 0 Å². The van der Waals surface area contributed by atoms with Gasteiger partial charge in [-0.3, -0.25) is 9.59 Å². The van der Waals surface area contributed by atoms with Gasteiger partial charge >= 0.3 is 0 Å². The van der Waals surface area contributed by atoms with Crippen LogP contribution in [0.2, 0.25) is 0 Å². The molecule has 2 aromatic carbocycles. The van der Waals surface area contributed by atoms with Gasteiger partial charge in [-0.2, -0.15) is 5.11 Å². The van der Waals surface area contributed by atoms with E-state index in [2.05, 4.69) is 15.5 Å². The van der Waals surface area contributed by atoms with Gasteiger partial charge < -0.3 is 5.32 Å². The summed E-state index contributed by atoms with van der Waals surface area (Å²) in [6.45, 7) is 0.333. The lowest BCUT2D eigenvalue weighted by Crippen LogP contribution is -2.30. The maximum absolute atomic E-state index is 12.0. The maximum Gasteiger partial charge on any atom is 0.295 e. The molecular formula is C17H15N3O2. The highest BCUT2D eigenvalue weighted by Crippen LogP contribution is 2.26. The normalized spacial score (nSPS) is 16.2. The summed E-state index contributed by atoms with van der Waals surface area (Å²) in [6, 6.07) is 16.5. The molecule has 110 valence electrons. The molecule has 3 rings (SSSR count). The minimum Gasteiger partial charge on any atom is -0.353 e. The maximum atomic E-state index is 12.0. The Morgan fingerprint density at radius 3 is 2.59 bits per heavy atom. The third-order valence-electron chi connectivity index (χ3n) is 3.54. The third kappa shape index (κ3) is 3.09. The smallest absolute Gasteiger partial charge is 0.295 e. The molecule has 2 amide bonds. The van der Waals surface area contributed by atoms with Gasteiger partial charge in [-0.25, -0.2) is 0 Å². The summed E-state index contributed by atoms with van der Waals surface area (Å²) in [5.41, 5.74) is 2.32. The highest BCUT2D eigenvalue weighted by atomic mass is 16.2. The van der Waals surface area contributed by atoms with E-state index < -0.39 is 0 Å². The average Bonchev–Trinajstić information content (AvgIpc) is 2.55. The summed E-state index contributed by atoms with van der Waals surface area (Å²) < 4.78 is 0. The summed E-state index contributed by atoms with van der Waals surface area (Å²) in [5, 5.41) is 10.5. The van der Waals surface area contributed by atoms with Crippen molar-refractivity contribution in [2.75, 3.05) is 6.54 Å². The van der Waals surface area contributed by atoms with E-state index in [1.165, 1.54) is 0 Å². The number of rotatable bonds is 4. The molecule has 0 aromatic heterocycles. The van der Waals surface area contributed by atoms with E-state index in [0.717, 1.165) is 11.1 Å². The van der Waals surface area contributed by atoms with E-state index in [1.807, 2.05) is 42.5 Å². The first kappa shape index (κ1) is 14.1. The van der Waals surface area contributed by atoms with Crippen LogP contribution in [-0.4, -0.2) is 18.4 Å². The van der Waals surface area contributed by atoms with Gasteiger partial charge in [0.2, 0.25) is 5.91 Å². The molecular weight excluding hydrogens is 278 g/mol. The molecule has 0 saturated carbocycles. The molecule has 22 heavy (non-hydrogen) atoms. The summed E-state index contributed by atoms with van der Waals surface area (Å²) in [6.07, 6.45) is 0.325. The molecule has 1 aliphatic heterocycles. The Morgan fingerprint density at radius 2 is 1.77 bits per heavy atom. The Labute approximate surface area is 128 Å². The van der Waals surface area contributed by atoms with Gasteiger partial charge in [-0.15, -0.1) is 5.11 Å². The summed E-state index contributed by atoms with van der Waals surface area (Å²) in [4.78, 5) is 23.6. The van der Waals surface area contributed by atoms with Crippen LogP contribution in [-0.2, 0) is 11.2 Å². The van der Waals surface area contributed by atoms with Crippen molar-refractivity contribution < 1.29 is 9.59 Å². The Hall–Kier alpha value is -2.82. The molecule has 1 atom stereocenters. The van der Waals surface area contributed by atoms with Gasteiger partial charge in [-0.05, 0) is 17.2 Å². The number of hydrogen-bond acceptors (Lipinski definition) is 3. The monoisotopic (exact) mass is 293 g/mol. The quantitative estimate of drug-likeness (QED) is 0.941. The number of fused-ring (bicyclic) bond motifs is 1. The largest absolute Gasteiger partial charge is 0.353 e. The molecule has 1 heterocycles. The SMILES string of the molecule is O=C(Cc1ccccc1)NCC1N=NC(=O)c2ccccc21. The van der Waals surface area contributed by atoms with Gasteiger partial charge in [0.15, 0.2) is 0 Å². The zero-order valence-corrected chi connectivity index (χ0v) is 11.9. The molecule has 5 heteroatoms. The van der Waals surface area contributed by atoms with Crippen LogP contribution in [0.15, 0.2) is 64.8 Å². The number of benzene rings is 2. The van der Waals surface area contributed by atoms with Crippen LogP contribution in [0.4, 0.5) is 0 Å². The fraction of sp³-hybridized carbons (Fsp3) is 0.176. The van der Waals surface area contributed by atoms with E-state index in [0.29, 0.717) is 18.5 Å². The average molecular weight is 293 g/mol. The van der Waals surface area contributed by atoms with Crippen LogP contribution >= 0.6 is 0 Å². The Morgan fingerprint density at radius 1 is 1.05 bits per heavy atom. The number of carbonyl (C=O) groups is 2.